The molecule has 12 heteroatoms. The minimum Gasteiger partial charge on any atom is -0.454 e. The van der Waals surface area contributed by atoms with Crippen molar-refractivity contribution in [3.05, 3.63) is 82.0 Å². The summed E-state index contributed by atoms with van der Waals surface area (Å²) in [5, 5.41) is 0.986. The first kappa shape index (κ1) is 22.4. The number of aromatic nitrogens is 4. The van der Waals surface area contributed by atoms with Gasteiger partial charge in [-0.2, -0.15) is 4.37 Å². The Balaban J connectivity index is 1.47. The predicted molar refractivity (Wildman–Crippen MR) is 130 cm³/mol. The van der Waals surface area contributed by atoms with Crippen LogP contribution in [0.5, 0.6) is 11.5 Å². The van der Waals surface area contributed by atoms with Crippen molar-refractivity contribution in [1.82, 2.24) is 19.3 Å². The molecular weight excluding hydrogens is 504 g/mol. The first-order chi connectivity index (χ1) is 16.4. The van der Waals surface area contributed by atoms with E-state index in [2.05, 4.69) is 19.3 Å². The normalized spacial score (nSPS) is 11.2. The van der Waals surface area contributed by atoms with E-state index >= 15 is 0 Å². The van der Waals surface area contributed by atoms with Crippen LogP contribution in [0.3, 0.4) is 0 Å². The molecule has 0 atom stereocenters. The quantitative estimate of drug-likeness (QED) is 0.259. The van der Waals surface area contributed by atoms with Crippen LogP contribution >= 0.6 is 35.1 Å². The lowest BCUT2D eigenvalue weighted by Crippen LogP contribution is -2.06. The predicted octanol–water partition coefficient (Wildman–Crippen LogP) is 6.24. The van der Waals surface area contributed by atoms with Crippen LogP contribution in [-0.2, 0) is 0 Å². The number of ether oxygens (including phenoxy) is 1. The maximum absolute atomic E-state index is 14.9. The molecule has 0 radical (unpaired) electrons. The van der Waals surface area contributed by atoms with Crippen LogP contribution in [-0.4, -0.2) is 26.4 Å². The molecule has 0 saturated heterocycles. The summed E-state index contributed by atoms with van der Waals surface area (Å²) in [7, 11) is 1.68. The van der Waals surface area contributed by atoms with Crippen molar-refractivity contribution < 1.29 is 13.5 Å². The molecule has 2 N–H and O–H groups in total. The van der Waals surface area contributed by atoms with Gasteiger partial charge in [0, 0.05) is 35.2 Å². The Morgan fingerprint density at radius 3 is 2.65 bits per heavy atom. The fraction of sp³-hybridized carbons (Fsp3) is 0.0455. The van der Waals surface area contributed by atoms with E-state index in [0.29, 0.717) is 32.3 Å². The highest BCUT2D eigenvalue weighted by Crippen LogP contribution is 2.39. The molecule has 0 aliphatic rings. The zero-order chi connectivity index (χ0) is 23.8. The number of nitrogens with zero attached hydrogens (tertiary/aromatic N) is 3. The number of anilines is 1. The van der Waals surface area contributed by atoms with Gasteiger partial charge in [0.1, 0.15) is 17.9 Å². The van der Waals surface area contributed by atoms with E-state index in [4.69, 9.17) is 16.3 Å². The van der Waals surface area contributed by atoms with Crippen molar-refractivity contribution >= 4 is 51.2 Å². The van der Waals surface area contributed by atoms with Crippen LogP contribution in [0.2, 0.25) is 5.02 Å². The lowest BCUT2D eigenvalue weighted by molar-refractivity contribution is 0.434. The smallest absolute Gasteiger partial charge is 0.323 e. The molecule has 7 nitrogen and oxygen atoms in total. The highest BCUT2D eigenvalue weighted by Gasteiger charge is 2.18. The highest BCUT2D eigenvalue weighted by molar-refractivity contribution is 8.00. The molecule has 5 rings (SSSR count). The molecule has 0 unspecified atom stereocenters. The number of fused-ring (bicyclic) bond motifs is 1. The molecule has 0 fully saturated rings. The second-order valence-electron chi connectivity index (χ2n) is 7.11. The van der Waals surface area contributed by atoms with Crippen LogP contribution in [0.4, 0.5) is 13.9 Å². The van der Waals surface area contributed by atoms with Crippen LogP contribution in [0.25, 0.3) is 22.2 Å². The first-order valence-electron chi connectivity index (χ1n) is 9.74. The molecule has 2 aromatic heterocycles. The molecule has 0 aliphatic heterocycles. The molecule has 172 valence electrons. The van der Waals surface area contributed by atoms with Crippen LogP contribution in [0.1, 0.15) is 0 Å². The largest absolute Gasteiger partial charge is 0.454 e. The summed E-state index contributed by atoms with van der Waals surface area (Å²) in [4.78, 5) is 21.1. The molecule has 0 aliphatic carbocycles. The summed E-state index contributed by atoms with van der Waals surface area (Å²) < 4.78 is 41.0. The zero-order valence-electron chi connectivity index (χ0n) is 17.3. The number of halogens is 3. The number of H-pyrrole nitrogens is 2. The lowest BCUT2D eigenvalue weighted by Gasteiger charge is -2.16. The Kier molecular flexibility index (Phi) is 5.98. The Hall–Kier alpha value is -3.41. The minimum atomic E-state index is -0.735. The van der Waals surface area contributed by atoms with Crippen LogP contribution < -0.4 is 14.7 Å². The second-order valence-corrected chi connectivity index (χ2v) is 9.47. The Morgan fingerprint density at radius 1 is 1.03 bits per heavy atom. The van der Waals surface area contributed by atoms with E-state index in [1.165, 1.54) is 6.33 Å². The van der Waals surface area contributed by atoms with Gasteiger partial charge in [0.15, 0.2) is 11.6 Å². The van der Waals surface area contributed by atoms with Gasteiger partial charge < -0.3 is 14.7 Å². The second kappa shape index (κ2) is 9.09. The van der Waals surface area contributed by atoms with Gasteiger partial charge in [-0.3, -0.25) is 4.31 Å². The summed E-state index contributed by atoms with van der Waals surface area (Å²) in [6.07, 6.45) is 1.39. The number of imidazole rings is 1. The van der Waals surface area contributed by atoms with Gasteiger partial charge in [0.05, 0.1) is 15.9 Å². The maximum atomic E-state index is 14.9. The number of benzene rings is 3. The van der Waals surface area contributed by atoms with Crippen LogP contribution in [0, 0.1) is 11.6 Å². The van der Waals surface area contributed by atoms with E-state index in [1.54, 1.807) is 47.8 Å². The van der Waals surface area contributed by atoms with Crippen molar-refractivity contribution in [2.24, 2.45) is 0 Å². The maximum Gasteiger partial charge on any atom is 0.323 e. The molecule has 34 heavy (non-hydrogen) atoms. The van der Waals surface area contributed by atoms with Gasteiger partial charge in [0.25, 0.3) is 0 Å². The van der Waals surface area contributed by atoms with Gasteiger partial charge in [-0.05, 0) is 53.9 Å². The number of rotatable bonds is 6. The summed E-state index contributed by atoms with van der Waals surface area (Å²) in [6, 6.07) is 12.1. The Bertz CT molecular complexity index is 1560. The van der Waals surface area contributed by atoms with Crippen molar-refractivity contribution in [2.75, 3.05) is 11.4 Å². The average molecular weight is 518 g/mol. The third-order valence-electron chi connectivity index (χ3n) is 4.83. The fourth-order valence-electron chi connectivity index (χ4n) is 3.29. The number of nitrogens with one attached hydrogen (secondary N) is 2. The van der Waals surface area contributed by atoms with Crippen molar-refractivity contribution in [1.29, 1.82) is 0 Å². The van der Waals surface area contributed by atoms with Crippen molar-refractivity contribution in [2.45, 2.75) is 4.90 Å². The van der Waals surface area contributed by atoms with Crippen molar-refractivity contribution in [3.8, 4) is 22.6 Å². The minimum absolute atomic E-state index is 0.0701. The Morgan fingerprint density at radius 2 is 1.85 bits per heavy atom. The van der Waals surface area contributed by atoms with E-state index in [-0.39, 0.29) is 22.1 Å². The monoisotopic (exact) mass is 517 g/mol. The molecule has 5 aromatic rings. The fourth-order valence-corrected chi connectivity index (χ4v) is 4.79. The summed E-state index contributed by atoms with van der Waals surface area (Å²) >= 11 is 8.31. The van der Waals surface area contributed by atoms with E-state index in [9.17, 15) is 13.6 Å². The standard InChI is InChI=1S/C22H14ClF2N5O2S2/c1-30(22-26-10-27-33-22)34-20-9-14(24)19(8-15(20)25)32-18-5-3-12(23)7-13(18)11-2-4-16-17(6-11)29-21(31)28-16/h2-10H,1H3,(H2,28,29,31). The number of hydrogen-bond donors (Lipinski definition) is 2. The van der Waals surface area contributed by atoms with Gasteiger partial charge in [0.2, 0.25) is 5.13 Å². The van der Waals surface area contributed by atoms with Gasteiger partial charge in [-0.25, -0.2) is 18.6 Å². The van der Waals surface area contributed by atoms with E-state index in [1.807, 2.05) is 0 Å². The summed E-state index contributed by atoms with van der Waals surface area (Å²) in [5.41, 5.74) is 2.12. The number of aromatic amines is 2. The van der Waals surface area contributed by atoms with Crippen molar-refractivity contribution in [3.63, 3.8) is 0 Å². The third-order valence-corrected chi connectivity index (χ3v) is 6.88. The molecule has 0 spiro atoms. The molecule has 3 aromatic carbocycles. The van der Waals surface area contributed by atoms with Crippen LogP contribution in [0.15, 0.2) is 64.5 Å². The molecule has 0 amide bonds. The van der Waals surface area contributed by atoms with E-state index in [0.717, 1.165) is 35.6 Å². The third kappa shape index (κ3) is 4.49. The van der Waals surface area contributed by atoms with Gasteiger partial charge in [-0.1, -0.05) is 17.7 Å². The zero-order valence-corrected chi connectivity index (χ0v) is 19.7. The average Bonchev–Trinajstić information content (AvgIpc) is 3.46. The van der Waals surface area contributed by atoms with E-state index < -0.39 is 11.6 Å². The molecular formula is C22H14ClF2N5O2S2. The summed E-state index contributed by atoms with van der Waals surface area (Å²) in [5.74, 6) is -1.40. The molecule has 2 heterocycles. The lowest BCUT2D eigenvalue weighted by atomic mass is 10.0. The number of hydrogen-bond acceptors (Lipinski definition) is 7. The SMILES string of the molecule is CN(Sc1cc(F)c(Oc2ccc(Cl)cc2-c2ccc3[nH]c(=O)[nH]c3c2)cc1F)c1ncns1. The molecule has 0 bridgehead atoms. The van der Waals surface area contributed by atoms with Gasteiger partial charge in [-0.15, -0.1) is 0 Å². The Labute approximate surface area is 204 Å². The molecule has 0 saturated carbocycles. The summed E-state index contributed by atoms with van der Waals surface area (Å²) in [6.45, 7) is 0. The topological polar surface area (TPSA) is 86.9 Å². The highest BCUT2D eigenvalue weighted by atomic mass is 35.5. The first-order valence-corrected chi connectivity index (χ1v) is 11.7. The van der Waals surface area contributed by atoms with Gasteiger partial charge >= 0.3 is 5.69 Å².